The highest BCUT2D eigenvalue weighted by Gasteiger charge is 2.32. The Hall–Kier alpha value is -3.47. The van der Waals surface area contributed by atoms with Gasteiger partial charge in [-0.15, -0.1) is 0 Å². The van der Waals surface area contributed by atoms with Gasteiger partial charge in [-0.3, -0.25) is 19.3 Å². The topological polar surface area (TPSA) is 90.0 Å². The molecule has 2 N–H and O–H groups in total. The number of likely N-dealkylation sites (N-methyl/N-ethyl adjacent to an activating group) is 2. The highest BCUT2D eigenvalue weighted by atomic mass is 16.3. The number of Topliss-reactive ketones (excluding diaryl/α,β-unsaturated/α-hetero) is 1. The zero-order valence-corrected chi connectivity index (χ0v) is 19.4. The van der Waals surface area contributed by atoms with Crippen LogP contribution in [0.5, 0.6) is 0 Å². The van der Waals surface area contributed by atoms with Crippen LogP contribution in [0.2, 0.25) is 0 Å². The average molecular weight is 448 g/mol. The van der Waals surface area contributed by atoms with Crippen LogP contribution in [0.4, 0.5) is 0 Å². The summed E-state index contributed by atoms with van der Waals surface area (Å²) in [6.45, 7) is 5.50. The summed E-state index contributed by atoms with van der Waals surface area (Å²) in [4.78, 5) is 40.2. The molecule has 2 atom stereocenters. The van der Waals surface area contributed by atoms with Crippen LogP contribution in [-0.4, -0.2) is 65.8 Å². The molecule has 33 heavy (non-hydrogen) atoms. The Labute approximate surface area is 194 Å². The van der Waals surface area contributed by atoms with E-state index in [1.54, 1.807) is 24.3 Å². The van der Waals surface area contributed by atoms with Crippen LogP contribution in [0.25, 0.3) is 0 Å². The van der Waals surface area contributed by atoms with Crippen LogP contribution in [0.15, 0.2) is 42.5 Å². The maximum atomic E-state index is 12.8. The summed E-state index contributed by atoms with van der Waals surface area (Å²) in [5.41, 5.74) is 4.66. The molecule has 0 saturated carbocycles. The van der Waals surface area contributed by atoms with E-state index in [4.69, 9.17) is 5.11 Å². The minimum Gasteiger partial charge on any atom is -0.388 e. The van der Waals surface area contributed by atoms with Gasteiger partial charge in [0.1, 0.15) is 6.61 Å². The molecule has 7 nitrogen and oxygen atoms in total. The minimum absolute atomic E-state index is 0.314. The van der Waals surface area contributed by atoms with E-state index < -0.39 is 30.2 Å². The summed E-state index contributed by atoms with van der Waals surface area (Å²) >= 11 is 0. The van der Waals surface area contributed by atoms with Crippen molar-refractivity contribution in [3.05, 3.63) is 70.3 Å². The number of hydrogen-bond acceptors (Lipinski definition) is 5. The second-order valence-electron chi connectivity index (χ2n) is 8.04. The lowest BCUT2D eigenvalue weighted by molar-refractivity contribution is -0.135. The van der Waals surface area contributed by atoms with Crippen molar-refractivity contribution < 1.29 is 19.5 Å². The summed E-state index contributed by atoms with van der Waals surface area (Å²) in [6.07, 6.45) is 0. The summed E-state index contributed by atoms with van der Waals surface area (Å²) in [7, 11) is 2.73. The van der Waals surface area contributed by atoms with Gasteiger partial charge >= 0.3 is 0 Å². The first kappa shape index (κ1) is 24.2. The van der Waals surface area contributed by atoms with E-state index in [0.29, 0.717) is 11.6 Å². The molecule has 172 valence electrons. The third-order valence-corrected chi connectivity index (χ3v) is 6.07. The fraction of sp³-hybridized carbons (Fsp3) is 0.346. The molecular formula is C26H29N3O4. The smallest absolute Gasteiger partial charge is 0.254 e. The number of hydrogen-bond donors (Lipinski definition) is 2. The maximum absolute atomic E-state index is 12.8. The first-order valence-electron chi connectivity index (χ1n) is 10.9. The van der Waals surface area contributed by atoms with Crippen molar-refractivity contribution in [2.45, 2.75) is 32.5 Å². The van der Waals surface area contributed by atoms with Gasteiger partial charge in [0.25, 0.3) is 5.91 Å². The number of nitrogens with one attached hydrogen (secondary N) is 1. The van der Waals surface area contributed by atoms with E-state index in [0.717, 1.165) is 29.1 Å². The molecule has 0 aromatic heterocycles. The van der Waals surface area contributed by atoms with Gasteiger partial charge in [0.05, 0.1) is 0 Å². The lowest BCUT2D eigenvalue weighted by Crippen LogP contribution is -2.52. The normalized spacial score (nSPS) is 15.7. The molecule has 2 aromatic carbocycles. The quantitative estimate of drug-likeness (QED) is 0.520. The zero-order valence-electron chi connectivity index (χ0n) is 19.4. The van der Waals surface area contributed by atoms with E-state index in [1.807, 2.05) is 6.07 Å². The monoisotopic (exact) mass is 447 g/mol. The van der Waals surface area contributed by atoms with Crippen LogP contribution < -0.4 is 5.32 Å². The zero-order chi connectivity index (χ0) is 24.1. The molecule has 3 rings (SSSR count). The van der Waals surface area contributed by atoms with Crippen molar-refractivity contribution in [1.82, 2.24) is 15.1 Å². The molecule has 0 radical (unpaired) electrons. The lowest BCUT2D eigenvalue weighted by atomic mass is 10.0. The summed E-state index contributed by atoms with van der Waals surface area (Å²) in [5, 5.41) is 11.5. The van der Waals surface area contributed by atoms with Gasteiger partial charge in [0, 0.05) is 43.4 Å². The van der Waals surface area contributed by atoms with Gasteiger partial charge in [0.15, 0.2) is 11.8 Å². The number of nitrogens with zero attached hydrogens (tertiary/aromatic N) is 2. The Morgan fingerprint density at radius 2 is 1.79 bits per heavy atom. The fourth-order valence-electron chi connectivity index (χ4n) is 4.09. The van der Waals surface area contributed by atoms with Gasteiger partial charge in [-0.25, -0.2) is 0 Å². The molecule has 7 heteroatoms. The third-order valence-electron chi connectivity index (χ3n) is 6.07. The number of aliphatic hydroxyl groups excluding tert-OH is 1. The third kappa shape index (κ3) is 5.14. The number of benzene rings is 2. The van der Waals surface area contributed by atoms with Crippen LogP contribution in [0, 0.1) is 11.8 Å². The van der Waals surface area contributed by atoms with Crippen molar-refractivity contribution in [2.24, 2.45) is 0 Å². The average Bonchev–Trinajstić information content (AvgIpc) is 3.17. The van der Waals surface area contributed by atoms with Crippen molar-refractivity contribution in [1.29, 1.82) is 0 Å². The first-order valence-corrected chi connectivity index (χ1v) is 10.9. The lowest BCUT2D eigenvalue weighted by Gasteiger charge is -2.25. The van der Waals surface area contributed by atoms with Crippen LogP contribution >= 0.6 is 0 Å². The largest absolute Gasteiger partial charge is 0.388 e. The van der Waals surface area contributed by atoms with Crippen LogP contribution in [0.3, 0.4) is 0 Å². The number of ketones is 1. The summed E-state index contributed by atoms with van der Waals surface area (Å²) in [6, 6.07) is 12.0. The number of carbonyl (C=O) groups excluding carboxylic acids is 3. The van der Waals surface area contributed by atoms with Crippen LogP contribution in [-0.2, 0) is 16.1 Å². The molecule has 1 aliphatic rings. The van der Waals surface area contributed by atoms with E-state index in [1.165, 1.54) is 25.2 Å². The van der Waals surface area contributed by atoms with Crippen molar-refractivity contribution in [3.8, 4) is 11.8 Å². The Morgan fingerprint density at radius 3 is 2.39 bits per heavy atom. The van der Waals surface area contributed by atoms with Crippen molar-refractivity contribution in [3.63, 3.8) is 0 Å². The number of amides is 2. The molecule has 1 heterocycles. The minimum atomic E-state index is -1.39. The number of carbonyl (C=O) groups is 3. The number of rotatable bonds is 6. The van der Waals surface area contributed by atoms with Gasteiger partial charge in [-0.05, 0) is 61.0 Å². The van der Waals surface area contributed by atoms with Crippen molar-refractivity contribution in [2.75, 3.05) is 27.2 Å². The molecule has 2 aromatic rings. The molecule has 0 saturated heterocycles. The molecule has 0 spiro atoms. The molecule has 0 bridgehead atoms. The van der Waals surface area contributed by atoms with E-state index in [2.05, 4.69) is 48.0 Å². The predicted octanol–water partition coefficient (Wildman–Crippen LogP) is 1.73. The predicted molar refractivity (Wildman–Crippen MR) is 125 cm³/mol. The Morgan fingerprint density at radius 1 is 1.15 bits per heavy atom. The Balaban J connectivity index is 1.74. The highest BCUT2D eigenvalue weighted by molar-refractivity contribution is 6.10. The molecule has 0 fully saturated rings. The number of fused-ring (bicyclic) bond motifs is 1. The Bertz CT molecular complexity index is 1100. The SMILES string of the molecule is CCN1Cc2cc(C#Cc3ccc(C(=O)N(C)C(C(=O)CO)C(=O)NC)cc3)ccc2[C@H]1C. The summed E-state index contributed by atoms with van der Waals surface area (Å²) in [5.74, 6) is 4.40. The van der Waals surface area contributed by atoms with E-state index >= 15 is 0 Å². The van der Waals surface area contributed by atoms with Gasteiger partial charge in [0.2, 0.25) is 5.91 Å². The molecule has 1 aliphatic heterocycles. The fourth-order valence-corrected chi connectivity index (χ4v) is 4.09. The second-order valence-corrected chi connectivity index (χ2v) is 8.04. The highest BCUT2D eigenvalue weighted by Crippen LogP contribution is 2.33. The second kappa shape index (κ2) is 10.4. The van der Waals surface area contributed by atoms with E-state index in [9.17, 15) is 14.4 Å². The molecule has 0 aliphatic carbocycles. The van der Waals surface area contributed by atoms with Gasteiger partial charge < -0.3 is 15.3 Å². The summed E-state index contributed by atoms with van der Waals surface area (Å²) < 4.78 is 0. The van der Waals surface area contributed by atoms with Crippen LogP contribution in [0.1, 0.15) is 52.5 Å². The van der Waals surface area contributed by atoms with E-state index in [-0.39, 0.29) is 0 Å². The molecular weight excluding hydrogens is 418 g/mol. The number of aliphatic hydroxyl groups is 1. The van der Waals surface area contributed by atoms with Crippen molar-refractivity contribution >= 4 is 17.6 Å². The van der Waals surface area contributed by atoms with Gasteiger partial charge in [-0.2, -0.15) is 0 Å². The van der Waals surface area contributed by atoms with Gasteiger partial charge in [-0.1, -0.05) is 24.8 Å². The first-order chi connectivity index (χ1) is 15.8. The molecule has 1 unspecified atom stereocenters. The molecule has 2 amide bonds. The standard InChI is InChI=1S/C26H29N3O4/c1-5-29-15-21-14-19(10-13-22(21)17(29)2)7-6-18-8-11-20(12-9-18)26(33)28(4)24(23(31)16-30)25(32)27-3/h8-14,17,24,30H,5,15-16H2,1-4H3,(H,27,32)/t17-,24?/m1/s1. The Kier molecular flexibility index (Phi) is 7.64. The maximum Gasteiger partial charge on any atom is 0.254 e.